The van der Waals surface area contributed by atoms with Gasteiger partial charge in [0.1, 0.15) is 6.61 Å². The van der Waals surface area contributed by atoms with Crippen LogP contribution in [-0.4, -0.2) is 11.0 Å². The molecule has 92 valence electrons. The summed E-state index contributed by atoms with van der Waals surface area (Å²) in [6.07, 6.45) is 3.33. The number of pyridine rings is 1. The fourth-order valence-electron chi connectivity index (χ4n) is 1.67. The SMILES string of the molecule is Cc1cccc(N)c1C(=O)OCc1cccnc1. The van der Waals surface area contributed by atoms with Crippen LogP contribution in [0.2, 0.25) is 0 Å². The first kappa shape index (κ1) is 12.1. The van der Waals surface area contributed by atoms with E-state index in [1.54, 1.807) is 24.5 Å². The van der Waals surface area contributed by atoms with E-state index in [9.17, 15) is 4.79 Å². The zero-order valence-electron chi connectivity index (χ0n) is 10.1. The topological polar surface area (TPSA) is 65.2 Å². The Morgan fingerprint density at radius 1 is 1.33 bits per heavy atom. The van der Waals surface area contributed by atoms with Gasteiger partial charge in [-0.05, 0) is 24.6 Å². The second kappa shape index (κ2) is 5.31. The largest absolute Gasteiger partial charge is 0.457 e. The van der Waals surface area contributed by atoms with Gasteiger partial charge in [0.2, 0.25) is 0 Å². The summed E-state index contributed by atoms with van der Waals surface area (Å²) in [6.45, 7) is 2.03. The summed E-state index contributed by atoms with van der Waals surface area (Å²) < 4.78 is 5.22. The van der Waals surface area contributed by atoms with Crippen molar-refractivity contribution >= 4 is 11.7 Å². The molecule has 0 bridgehead atoms. The van der Waals surface area contributed by atoms with Gasteiger partial charge in [0, 0.05) is 23.6 Å². The number of hydrogen-bond acceptors (Lipinski definition) is 4. The first-order valence-electron chi connectivity index (χ1n) is 5.59. The van der Waals surface area contributed by atoms with Gasteiger partial charge in [-0.3, -0.25) is 4.98 Å². The van der Waals surface area contributed by atoms with Crippen molar-refractivity contribution in [3.8, 4) is 0 Å². The van der Waals surface area contributed by atoms with Crippen LogP contribution in [0.15, 0.2) is 42.7 Å². The van der Waals surface area contributed by atoms with Crippen molar-refractivity contribution in [2.45, 2.75) is 13.5 Å². The van der Waals surface area contributed by atoms with Crippen LogP contribution in [-0.2, 0) is 11.3 Å². The number of nitrogens with two attached hydrogens (primary N) is 1. The van der Waals surface area contributed by atoms with Crippen LogP contribution in [0.3, 0.4) is 0 Å². The van der Waals surface area contributed by atoms with Crippen molar-refractivity contribution in [2.24, 2.45) is 0 Å². The number of ether oxygens (including phenoxy) is 1. The van der Waals surface area contributed by atoms with Crippen LogP contribution in [0, 0.1) is 6.92 Å². The zero-order chi connectivity index (χ0) is 13.0. The maximum Gasteiger partial charge on any atom is 0.340 e. The van der Waals surface area contributed by atoms with Gasteiger partial charge in [-0.15, -0.1) is 0 Å². The Morgan fingerprint density at radius 2 is 2.17 bits per heavy atom. The third kappa shape index (κ3) is 2.66. The smallest absolute Gasteiger partial charge is 0.340 e. The molecule has 0 aliphatic carbocycles. The van der Waals surface area contributed by atoms with Crippen molar-refractivity contribution < 1.29 is 9.53 Å². The second-order valence-corrected chi connectivity index (χ2v) is 3.98. The molecule has 0 radical (unpaired) electrons. The van der Waals surface area contributed by atoms with E-state index in [2.05, 4.69) is 4.98 Å². The number of aromatic nitrogens is 1. The molecule has 0 aliphatic rings. The van der Waals surface area contributed by atoms with Gasteiger partial charge < -0.3 is 10.5 Å². The van der Waals surface area contributed by atoms with Crippen LogP contribution >= 0.6 is 0 Å². The molecule has 0 saturated carbocycles. The maximum atomic E-state index is 11.9. The van der Waals surface area contributed by atoms with Crippen LogP contribution in [0.5, 0.6) is 0 Å². The zero-order valence-corrected chi connectivity index (χ0v) is 10.1. The number of nitrogens with zero attached hydrogens (tertiary/aromatic N) is 1. The molecule has 0 spiro atoms. The number of aryl methyl sites for hydroxylation is 1. The quantitative estimate of drug-likeness (QED) is 0.662. The summed E-state index contributed by atoms with van der Waals surface area (Å²) in [7, 11) is 0. The lowest BCUT2D eigenvalue weighted by Gasteiger charge is -2.09. The lowest BCUT2D eigenvalue weighted by atomic mass is 10.1. The van der Waals surface area contributed by atoms with Crippen molar-refractivity contribution in [3.63, 3.8) is 0 Å². The maximum absolute atomic E-state index is 11.9. The van der Waals surface area contributed by atoms with Gasteiger partial charge in [-0.1, -0.05) is 18.2 Å². The molecule has 4 nitrogen and oxygen atoms in total. The van der Waals surface area contributed by atoms with Crippen molar-refractivity contribution in [3.05, 3.63) is 59.4 Å². The lowest BCUT2D eigenvalue weighted by molar-refractivity contribution is 0.0473. The number of hydrogen-bond donors (Lipinski definition) is 1. The third-order valence-corrected chi connectivity index (χ3v) is 2.60. The van der Waals surface area contributed by atoms with E-state index in [0.717, 1.165) is 11.1 Å². The summed E-state index contributed by atoms with van der Waals surface area (Å²) in [6, 6.07) is 8.97. The van der Waals surface area contributed by atoms with E-state index in [1.165, 1.54) is 0 Å². The lowest BCUT2D eigenvalue weighted by Crippen LogP contribution is -2.10. The molecule has 0 atom stereocenters. The molecule has 18 heavy (non-hydrogen) atoms. The minimum absolute atomic E-state index is 0.195. The van der Waals surface area contributed by atoms with Crippen LogP contribution in [0.4, 0.5) is 5.69 Å². The molecule has 0 aliphatic heterocycles. The van der Waals surface area contributed by atoms with E-state index < -0.39 is 5.97 Å². The highest BCUT2D eigenvalue weighted by molar-refractivity contribution is 5.96. The van der Waals surface area contributed by atoms with E-state index in [1.807, 2.05) is 25.1 Å². The normalized spacial score (nSPS) is 10.1. The number of nitrogen functional groups attached to an aromatic ring is 1. The monoisotopic (exact) mass is 242 g/mol. The number of anilines is 1. The first-order valence-corrected chi connectivity index (χ1v) is 5.59. The van der Waals surface area contributed by atoms with E-state index in [-0.39, 0.29) is 6.61 Å². The van der Waals surface area contributed by atoms with Crippen LogP contribution < -0.4 is 5.73 Å². The van der Waals surface area contributed by atoms with Gasteiger partial charge in [-0.25, -0.2) is 4.79 Å². The summed E-state index contributed by atoms with van der Waals surface area (Å²) >= 11 is 0. The molecule has 0 amide bonds. The standard InChI is InChI=1S/C14H14N2O2/c1-10-4-2-6-12(15)13(10)14(17)18-9-11-5-3-7-16-8-11/h2-8H,9,15H2,1H3. The summed E-state index contributed by atoms with van der Waals surface area (Å²) in [5, 5.41) is 0. The molecular weight excluding hydrogens is 228 g/mol. The predicted molar refractivity (Wildman–Crippen MR) is 68.9 cm³/mol. The van der Waals surface area contributed by atoms with Crippen molar-refractivity contribution in [1.82, 2.24) is 4.98 Å². The molecular formula is C14H14N2O2. The molecule has 1 aromatic heterocycles. The van der Waals surface area contributed by atoms with Crippen LogP contribution in [0.25, 0.3) is 0 Å². The first-order chi connectivity index (χ1) is 8.68. The second-order valence-electron chi connectivity index (χ2n) is 3.98. The Labute approximate surface area is 105 Å². The Balaban J connectivity index is 2.09. The Kier molecular flexibility index (Phi) is 3.57. The molecule has 2 rings (SSSR count). The van der Waals surface area contributed by atoms with E-state index in [4.69, 9.17) is 10.5 Å². The molecule has 2 N–H and O–H groups in total. The highest BCUT2D eigenvalue weighted by Crippen LogP contribution is 2.17. The average Bonchev–Trinajstić information content (AvgIpc) is 2.37. The van der Waals surface area contributed by atoms with Gasteiger partial charge in [0.25, 0.3) is 0 Å². The van der Waals surface area contributed by atoms with Gasteiger partial charge in [0.05, 0.1) is 5.56 Å². The van der Waals surface area contributed by atoms with Gasteiger partial charge in [-0.2, -0.15) is 0 Å². The van der Waals surface area contributed by atoms with Gasteiger partial charge >= 0.3 is 5.97 Å². The minimum Gasteiger partial charge on any atom is -0.457 e. The summed E-state index contributed by atoms with van der Waals surface area (Å²) in [4.78, 5) is 15.9. The number of carbonyl (C=O) groups is 1. The Bertz CT molecular complexity index is 533. The molecule has 1 heterocycles. The van der Waals surface area contributed by atoms with Crippen molar-refractivity contribution in [1.29, 1.82) is 0 Å². The summed E-state index contributed by atoms with van der Waals surface area (Å²) in [5.41, 5.74) is 8.30. The van der Waals surface area contributed by atoms with E-state index >= 15 is 0 Å². The Morgan fingerprint density at radius 3 is 2.83 bits per heavy atom. The molecule has 0 saturated heterocycles. The minimum atomic E-state index is -0.408. The van der Waals surface area contributed by atoms with Crippen molar-refractivity contribution in [2.75, 3.05) is 5.73 Å². The third-order valence-electron chi connectivity index (χ3n) is 2.60. The molecule has 1 aromatic carbocycles. The number of benzene rings is 1. The average molecular weight is 242 g/mol. The molecule has 0 unspecified atom stereocenters. The fraction of sp³-hybridized carbons (Fsp3) is 0.143. The predicted octanol–water partition coefficient (Wildman–Crippen LogP) is 2.33. The van der Waals surface area contributed by atoms with Crippen LogP contribution in [0.1, 0.15) is 21.5 Å². The number of carbonyl (C=O) groups excluding carboxylic acids is 1. The van der Waals surface area contributed by atoms with E-state index in [0.29, 0.717) is 11.3 Å². The molecule has 0 fully saturated rings. The number of rotatable bonds is 3. The highest BCUT2D eigenvalue weighted by Gasteiger charge is 2.13. The van der Waals surface area contributed by atoms with Gasteiger partial charge in [0.15, 0.2) is 0 Å². The molecule has 2 aromatic rings. The fourth-order valence-corrected chi connectivity index (χ4v) is 1.67. The molecule has 4 heteroatoms. The Hall–Kier alpha value is -2.36. The highest BCUT2D eigenvalue weighted by atomic mass is 16.5. The number of esters is 1. The summed E-state index contributed by atoms with van der Waals surface area (Å²) in [5.74, 6) is -0.408.